The molecule has 0 aromatic heterocycles. The lowest BCUT2D eigenvalue weighted by molar-refractivity contribution is -0.122. The smallest absolute Gasteiger partial charge is 0.321 e. The largest absolute Gasteiger partial charge is 0.356 e. The lowest BCUT2D eigenvalue weighted by atomic mass is 9.93. The fourth-order valence-corrected chi connectivity index (χ4v) is 4.05. The summed E-state index contributed by atoms with van der Waals surface area (Å²) in [5.41, 5.74) is 2.00. The van der Waals surface area contributed by atoms with Crippen molar-refractivity contribution in [2.24, 2.45) is 5.92 Å². The first kappa shape index (κ1) is 20.6. The number of urea groups is 1. The molecule has 0 saturated carbocycles. The Morgan fingerprint density at radius 2 is 1.71 bits per heavy atom. The molecular weight excluding hydrogens is 352 g/mol. The summed E-state index contributed by atoms with van der Waals surface area (Å²) in [6.45, 7) is 7.74. The van der Waals surface area contributed by atoms with Crippen molar-refractivity contribution < 1.29 is 9.59 Å². The summed E-state index contributed by atoms with van der Waals surface area (Å²) in [6.07, 6.45) is 6.02. The molecule has 6 nitrogen and oxygen atoms in total. The van der Waals surface area contributed by atoms with Crippen LogP contribution in [0.4, 0.5) is 10.5 Å². The number of anilines is 1. The van der Waals surface area contributed by atoms with Gasteiger partial charge in [-0.2, -0.15) is 0 Å². The van der Waals surface area contributed by atoms with Crippen LogP contribution in [-0.2, 0) is 4.79 Å². The number of carbonyl (C=O) groups is 2. The van der Waals surface area contributed by atoms with Gasteiger partial charge in [0.1, 0.15) is 0 Å². The van der Waals surface area contributed by atoms with Crippen molar-refractivity contribution in [2.75, 3.05) is 44.6 Å². The molecule has 2 fully saturated rings. The molecule has 0 radical (unpaired) electrons. The van der Waals surface area contributed by atoms with E-state index < -0.39 is 0 Å². The molecule has 2 N–H and O–H groups in total. The Morgan fingerprint density at radius 1 is 1.04 bits per heavy atom. The van der Waals surface area contributed by atoms with Crippen LogP contribution in [0.25, 0.3) is 0 Å². The number of piperidine rings is 1. The number of hydrogen-bond acceptors (Lipinski definition) is 3. The SMILES string of the molecule is Cc1ccc(NC(=O)N2CCC(CC(=O)NCCCN3CCCC3)CC2)cc1. The summed E-state index contributed by atoms with van der Waals surface area (Å²) < 4.78 is 0. The Labute approximate surface area is 168 Å². The lowest BCUT2D eigenvalue weighted by Crippen LogP contribution is -2.42. The summed E-state index contributed by atoms with van der Waals surface area (Å²) in [7, 11) is 0. The Bertz CT molecular complexity index is 632. The third-order valence-corrected chi connectivity index (χ3v) is 5.85. The molecule has 154 valence electrons. The van der Waals surface area contributed by atoms with E-state index in [1.807, 2.05) is 36.1 Å². The van der Waals surface area contributed by atoms with Crippen molar-refractivity contribution in [1.29, 1.82) is 0 Å². The van der Waals surface area contributed by atoms with Crippen LogP contribution in [0.5, 0.6) is 0 Å². The van der Waals surface area contributed by atoms with E-state index >= 15 is 0 Å². The van der Waals surface area contributed by atoms with E-state index in [-0.39, 0.29) is 11.9 Å². The highest BCUT2D eigenvalue weighted by atomic mass is 16.2. The summed E-state index contributed by atoms with van der Waals surface area (Å²) in [5, 5.41) is 6.02. The Morgan fingerprint density at radius 3 is 2.39 bits per heavy atom. The highest BCUT2D eigenvalue weighted by Crippen LogP contribution is 2.21. The number of nitrogens with one attached hydrogen (secondary N) is 2. The summed E-state index contributed by atoms with van der Waals surface area (Å²) in [4.78, 5) is 28.9. The normalized spacial score (nSPS) is 18.2. The van der Waals surface area contributed by atoms with Gasteiger partial charge >= 0.3 is 6.03 Å². The van der Waals surface area contributed by atoms with E-state index in [4.69, 9.17) is 0 Å². The molecule has 0 bridgehead atoms. The van der Waals surface area contributed by atoms with Crippen LogP contribution in [0, 0.1) is 12.8 Å². The van der Waals surface area contributed by atoms with Crippen LogP contribution >= 0.6 is 0 Å². The molecule has 1 aromatic carbocycles. The molecule has 0 unspecified atom stereocenters. The predicted molar refractivity (Wildman–Crippen MR) is 112 cm³/mol. The van der Waals surface area contributed by atoms with E-state index in [1.165, 1.54) is 31.5 Å². The van der Waals surface area contributed by atoms with Crippen molar-refractivity contribution in [3.63, 3.8) is 0 Å². The number of carbonyl (C=O) groups excluding carboxylic acids is 2. The number of nitrogens with zero attached hydrogens (tertiary/aromatic N) is 2. The van der Waals surface area contributed by atoms with Gasteiger partial charge in [-0.05, 0) is 76.7 Å². The minimum Gasteiger partial charge on any atom is -0.356 e. The first-order valence-corrected chi connectivity index (χ1v) is 10.7. The quantitative estimate of drug-likeness (QED) is 0.707. The summed E-state index contributed by atoms with van der Waals surface area (Å²) in [6, 6.07) is 7.79. The summed E-state index contributed by atoms with van der Waals surface area (Å²) in [5.74, 6) is 0.533. The number of likely N-dealkylation sites (tertiary alicyclic amines) is 2. The number of rotatable bonds is 7. The predicted octanol–water partition coefficient (Wildman–Crippen LogP) is 3.23. The summed E-state index contributed by atoms with van der Waals surface area (Å²) >= 11 is 0. The Kier molecular flexibility index (Phi) is 7.71. The molecule has 28 heavy (non-hydrogen) atoms. The van der Waals surface area contributed by atoms with E-state index in [0.29, 0.717) is 25.4 Å². The van der Waals surface area contributed by atoms with Crippen LogP contribution in [0.15, 0.2) is 24.3 Å². The molecule has 2 heterocycles. The van der Waals surface area contributed by atoms with Gasteiger partial charge in [-0.15, -0.1) is 0 Å². The van der Waals surface area contributed by atoms with E-state index in [1.54, 1.807) is 0 Å². The van der Waals surface area contributed by atoms with Crippen LogP contribution in [0.2, 0.25) is 0 Å². The molecule has 2 aliphatic heterocycles. The van der Waals surface area contributed by atoms with Gasteiger partial charge in [0.15, 0.2) is 0 Å². The average molecular weight is 387 g/mol. The van der Waals surface area contributed by atoms with Crippen molar-refractivity contribution in [1.82, 2.24) is 15.1 Å². The third-order valence-electron chi connectivity index (χ3n) is 5.85. The van der Waals surface area contributed by atoms with E-state index in [2.05, 4.69) is 15.5 Å². The second-order valence-electron chi connectivity index (χ2n) is 8.18. The fourth-order valence-electron chi connectivity index (χ4n) is 4.05. The number of amides is 3. The molecule has 0 aliphatic carbocycles. The van der Waals surface area contributed by atoms with Crippen molar-refractivity contribution >= 4 is 17.6 Å². The Balaban J connectivity index is 1.29. The third kappa shape index (κ3) is 6.51. The minimum absolute atomic E-state index is 0.0475. The maximum Gasteiger partial charge on any atom is 0.321 e. The standard InChI is InChI=1S/C22H34N4O2/c1-18-5-7-20(8-6-18)24-22(28)26-15-9-19(10-16-26)17-21(27)23-11-4-14-25-12-2-3-13-25/h5-8,19H,2-4,9-17H2,1H3,(H,23,27)(H,24,28). The first-order valence-electron chi connectivity index (χ1n) is 10.7. The zero-order valence-electron chi connectivity index (χ0n) is 17.1. The topological polar surface area (TPSA) is 64.7 Å². The van der Waals surface area contributed by atoms with Crippen molar-refractivity contribution in [2.45, 2.75) is 45.4 Å². The van der Waals surface area contributed by atoms with Crippen LogP contribution in [-0.4, -0.2) is 61.0 Å². The van der Waals surface area contributed by atoms with Gasteiger partial charge in [0, 0.05) is 31.7 Å². The Hall–Kier alpha value is -2.08. The number of hydrogen-bond donors (Lipinski definition) is 2. The van der Waals surface area contributed by atoms with Crippen LogP contribution < -0.4 is 10.6 Å². The molecule has 0 spiro atoms. The maximum atomic E-state index is 12.4. The highest BCUT2D eigenvalue weighted by Gasteiger charge is 2.24. The monoisotopic (exact) mass is 386 g/mol. The molecule has 6 heteroatoms. The van der Waals surface area contributed by atoms with E-state index in [9.17, 15) is 9.59 Å². The van der Waals surface area contributed by atoms with Gasteiger partial charge in [0.05, 0.1) is 0 Å². The zero-order valence-corrected chi connectivity index (χ0v) is 17.1. The highest BCUT2D eigenvalue weighted by molar-refractivity contribution is 5.89. The first-order chi connectivity index (χ1) is 13.6. The molecule has 3 rings (SSSR count). The second kappa shape index (κ2) is 10.5. The van der Waals surface area contributed by atoms with Crippen LogP contribution in [0.1, 0.15) is 44.1 Å². The van der Waals surface area contributed by atoms with Crippen molar-refractivity contribution in [3.8, 4) is 0 Å². The molecular formula is C22H34N4O2. The average Bonchev–Trinajstić information content (AvgIpc) is 3.21. The van der Waals surface area contributed by atoms with Gasteiger partial charge in [-0.3, -0.25) is 4.79 Å². The minimum atomic E-state index is -0.0475. The lowest BCUT2D eigenvalue weighted by Gasteiger charge is -2.31. The molecule has 3 amide bonds. The molecule has 1 aromatic rings. The maximum absolute atomic E-state index is 12.4. The zero-order chi connectivity index (χ0) is 19.8. The second-order valence-corrected chi connectivity index (χ2v) is 8.18. The molecule has 2 saturated heterocycles. The molecule has 0 atom stereocenters. The van der Waals surface area contributed by atoms with Gasteiger partial charge in [0.2, 0.25) is 5.91 Å². The van der Waals surface area contributed by atoms with Gasteiger partial charge in [0.25, 0.3) is 0 Å². The number of aryl methyl sites for hydroxylation is 1. The van der Waals surface area contributed by atoms with Crippen molar-refractivity contribution in [3.05, 3.63) is 29.8 Å². The van der Waals surface area contributed by atoms with Gasteiger partial charge in [-0.25, -0.2) is 4.79 Å². The number of benzene rings is 1. The van der Waals surface area contributed by atoms with Gasteiger partial charge < -0.3 is 20.4 Å². The van der Waals surface area contributed by atoms with E-state index in [0.717, 1.165) is 38.0 Å². The van der Waals surface area contributed by atoms with Gasteiger partial charge in [-0.1, -0.05) is 17.7 Å². The molecule has 2 aliphatic rings. The fraction of sp³-hybridized carbons (Fsp3) is 0.636. The van der Waals surface area contributed by atoms with Crippen LogP contribution in [0.3, 0.4) is 0 Å².